The summed E-state index contributed by atoms with van der Waals surface area (Å²) in [6.07, 6.45) is 3.37. The van der Waals surface area contributed by atoms with Gasteiger partial charge in [0.1, 0.15) is 6.04 Å². The van der Waals surface area contributed by atoms with Crippen molar-refractivity contribution in [2.24, 2.45) is 22.2 Å². The number of aliphatic carboxylic acids is 1. The van der Waals surface area contributed by atoms with Crippen molar-refractivity contribution >= 4 is 17.8 Å². The fraction of sp³-hybridized carbons (Fsp3) is 0.750. The second kappa shape index (κ2) is 11.0. The molecule has 8 nitrogen and oxygen atoms in total. The van der Waals surface area contributed by atoms with E-state index < -0.39 is 12.0 Å². The lowest BCUT2D eigenvalue weighted by atomic mass is 10.1. The summed E-state index contributed by atoms with van der Waals surface area (Å²) in [5, 5.41) is 11.5. The highest BCUT2D eigenvalue weighted by molar-refractivity contribution is 5.83. The SMILES string of the molecule is NCCCCC(NC(=O)CCCCN=C(N)N)C(=O)O. The van der Waals surface area contributed by atoms with Gasteiger partial charge in [-0.1, -0.05) is 0 Å². The minimum atomic E-state index is -1.02. The average molecular weight is 287 g/mol. The van der Waals surface area contributed by atoms with Crippen LogP contribution in [0.1, 0.15) is 38.5 Å². The molecule has 20 heavy (non-hydrogen) atoms. The van der Waals surface area contributed by atoms with Crippen molar-refractivity contribution in [1.29, 1.82) is 0 Å². The van der Waals surface area contributed by atoms with E-state index in [0.29, 0.717) is 38.8 Å². The summed E-state index contributed by atoms with van der Waals surface area (Å²) >= 11 is 0. The lowest BCUT2D eigenvalue weighted by Crippen LogP contribution is -2.40. The Kier molecular flexibility index (Phi) is 10.0. The molecular formula is C12H25N5O3. The minimum Gasteiger partial charge on any atom is -0.480 e. The predicted molar refractivity (Wildman–Crippen MR) is 77.0 cm³/mol. The number of guanidine groups is 1. The molecule has 1 atom stereocenters. The minimum absolute atomic E-state index is 0.0281. The van der Waals surface area contributed by atoms with E-state index in [0.717, 1.165) is 6.42 Å². The molecule has 0 bridgehead atoms. The number of rotatable bonds is 11. The Hall–Kier alpha value is -1.83. The van der Waals surface area contributed by atoms with Gasteiger partial charge >= 0.3 is 5.97 Å². The van der Waals surface area contributed by atoms with Crippen LogP contribution in [0.3, 0.4) is 0 Å². The summed E-state index contributed by atoms with van der Waals surface area (Å²) in [7, 11) is 0. The third kappa shape index (κ3) is 10.1. The molecule has 0 aromatic rings. The number of hydrogen-bond donors (Lipinski definition) is 5. The number of aliphatic imine (C=N–C) groups is 1. The van der Waals surface area contributed by atoms with Gasteiger partial charge < -0.3 is 27.6 Å². The molecule has 0 radical (unpaired) electrons. The van der Waals surface area contributed by atoms with E-state index in [1.165, 1.54) is 0 Å². The molecule has 0 heterocycles. The number of unbranched alkanes of at least 4 members (excludes halogenated alkanes) is 2. The van der Waals surface area contributed by atoms with Gasteiger partial charge in [0, 0.05) is 13.0 Å². The zero-order chi connectivity index (χ0) is 15.4. The topological polar surface area (TPSA) is 157 Å². The average Bonchev–Trinajstić information content (AvgIpc) is 2.36. The van der Waals surface area contributed by atoms with Gasteiger partial charge in [0.2, 0.25) is 5.91 Å². The number of carboxylic acid groups (broad SMARTS) is 1. The van der Waals surface area contributed by atoms with Gasteiger partial charge in [0.25, 0.3) is 0 Å². The second-order valence-electron chi connectivity index (χ2n) is 4.51. The fourth-order valence-corrected chi connectivity index (χ4v) is 1.62. The number of amides is 1. The van der Waals surface area contributed by atoms with Crippen molar-refractivity contribution in [2.75, 3.05) is 13.1 Å². The molecule has 0 saturated heterocycles. The maximum absolute atomic E-state index is 11.6. The van der Waals surface area contributed by atoms with Gasteiger partial charge in [-0.2, -0.15) is 0 Å². The molecule has 0 fully saturated rings. The molecular weight excluding hydrogens is 262 g/mol. The molecule has 0 aliphatic heterocycles. The van der Waals surface area contributed by atoms with Crippen LogP contribution in [-0.2, 0) is 9.59 Å². The summed E-state index contributed by atoms with van der Waals surface area (Å²) in [6.45, 7) is 0.986. The Morgan fingerprint density at radius 1 is 1.15 bits per heavy atom. The molecule has 0 aromatic heterocycles. The molecule has 116 valence electrons. The Morgan fingerprint density at radius 3 is 2.40 bits per heavy atom. The highest BCUT2D eigenvalue weighted by atomic mass is 16.4. The highest BCUT2D eigenvalue weighted by Crippen LogP contribution is 2.03. The van der Waals surface area contributed by atoms with Crippen molar-refractivity contribution in [1.82, 2.24) is 5.32 Å². The molecule has 0 aliphatic carbocycles. The molecule has 1 unspecified atom stereocenters. The van der Waals surface area contributed by atoms with E-state index in [-0.39, 0.29) is 18.3 Å². The fourth-order valence-electron chi connectivity index (χ4n) is 1.62. The van der Waals surface area contributed by atoms with Gasteiger partial charge in [0.15, 0.2) is 5.96 Å². The summed E-state index contributed by atoms with van der Waals surface area (Å²) in [4.78, 5) is 26.4. The molecule has 0 spiro atoms. The summed E-state index contributed by atoms with van der Waals surface area (Å²) < 4.78 is 0. The first-order valence-corrected chi connectivity index (χ1v) is 6.75. The molecule has 0 aliphatic rings. The third-order valence-corrected chi connectivity index (χ3v) is 2.69. The van der Waals surface area contributed by atoms with E-state index >= 15 is 0 Å². The Morgan fingerprint density at radius 2 is 1.85 bits per heavy atom. The number of carbonyl (C=O) groups is 2. The number of carboxylic acids is 1. The van der Waals surface area contributed by atoms with Gasteiger partial charge in [-0.25, -0.2) is 4.79 Å². The first-order chi connectivity index (χ1) is 9.47. The summed E-state index contributed by atoms with van der Waals surface area (Å²) in [5.41, 5.74) is 15.7. The first-order valence-electron chi connectivity index (χ1n) is 6.75. The van der Waals surface area contributed by atoms with Gasteiger partial charge in [-0.15, -0.1) is 0 Å². The van der Waals surface area contributed by atoms with Crippen LogP contribution in [0.15, 0.2) is 4.99 Å². The number of nitrogens with one attached hydrogen (secondary N) is 1. The highest BCUT2D eigenvalue weighted by Gasteiger charge is 2.18. The summed E-state index contributed by atoms with van der Waals surface area (Å²) in [5.74, 6) is -1.26. The van der Waals surface area contributed by atoms with Crippen molar-refractivity contribution in [3.63, 3.8) is 0 Å². The van der Waals surface area contributed by atoms with Gasteiger partial charge in [-0.3, -0.25) is 9.79 Å². The van der Waals surface area contributed by atoms with Crippen LogP contribution >= 0.6 is 0 Å². The van der Waals surface area contributed by atoms with Crippen LogP contribution < -0.4 is 22.5 Å². The van der Waals surface area contributed by atoms with Crippen LogP contribution in [0.4, 0.5) is 0 Å². The smallest absolute Gasteiger partial charge is 0.326 e. The van der Waals surface area contributed by atoms with Crippen LogP contribution in [0.25, 0.3) is 0 Å². The van der Waals surface area contributed by atoms with E-state index in [2.05, 4.69) is 10.3 Å². The van der Waals surface area contributed by atoms with Crippen LogP contribution in [0, 0.1) is 0 Å². The zero-order valence-corrected chi connectivity index (χ0v) is 11.7. The molecule has 1 amide bonds. The quantitative estimate of drug-likeness (QED) is 0.189. The van der Waals surface area contributed by atoms with Crippen molar-refractivity contribution < 1.29 is 14.7 Å². The van der Waals surface area contributed by atoms with Crippen molar-refractivity contribution in [3.8, 4) is 0 Å². The first kappa shape index (κ1) is 18.2. The molecule has 0 aromatic carbocycles. The maximum atomic E-state index is 11.6. The monoisotopic (exact) mass is 287 g/mol. The predicted octanol–water partition coefficient (Wildman–Crippen LogP) is -0.871. The van der Waals surface area contributed by atoms with E-state index in [9.17, 15) is 9.59 Å². The zero-order valence-electron chi connectivity index (χ0n) is 11.7. The molecule has 0 saturated carbocycles. The Bertz CT molecular complexity index is 329. The second-order valence-corrected chi connectivity index (χ2v) is 4.51. The van der Waals surface area contributed by atoms with Crippen LogP contribution in [0.2, 0.25) is 0 Å². The number of nitrogens with two attached hydrogens (primary N) is 3. The summed E-state index contributed by atoms with van der Waals surface area (Å²) in [6, 6.07) is -0.841. The normalized spacial score (nSPS) is 11.7. The van der Waals surface area contributed by atoms with E-state index in [1.54, 1.807) is 0 Å². The van der Waals surface area contributed by atoms with Crippen LogP contribution in [0.5, 0.6) is 0 Å². The third-order valence-electron chi connectivity index (χ3n) is 2.69. The number of carbonyl (C=O) groups excluding carboxylic acids is 1. The lowest BCUT2D eigenvalue weighted by Gasteiger charge is -2.14. The molecule has 0 rings (SSSR count). The molecule has 8 N–H and O–H groups in total. The standard InChI is InChI=1S/C12H25N5O3/c13-7-3-1-5-9(11(19)20)17-10(18)6-2-4-8-16-12(14)15/h9H,1-8,13H2,(H,17,18)(H,19,20)(H4,14,15,16). The van der Waals surface area contributed by atoms with Gasteiger partial charge in [-0.05, 0) is 38.6 Å². The van der Waals surface area contributed by atoms with E-state index in [4.69, 9.17) is 22.3 Å². The number of hydrogen-bond acceptors (Lipinski definition) is 4. The van der Waals surface area contributed by atoms with Crippen molar-refractivity contribution in [2.45, 2.75) is 44.6 Å². The maximum Gasteiger partial charge on any atom is 0.326 e. The number of nitrogens with zero attached hydrogens (tertiary/aromatic N) is 1. The lowest BCUT2D eigenvalue weighted by molar-refractivity contribution is -0.142. The molecule has 8 heteroatoms. The largest absolute Gasteiger partial charge is 0.480 e. The Balaban J connectivity index is 3.89. The van der Waals surface area contributed by atoms with Crippen LogP contribution in [-0.4, -0.2) is 42.1 Å². The Labute approximate surface area is 118 Å². The van der Waals surface area contributed by atoms with E-state index in [1.807, 2.05) is 0 Å². The van der Waals surface area contributed by atoms with Gasteiger partial charge in [0.05, 0.1) is 0 Å². The van der Waals surface area contributed by atoms with Crippen molar-refractivity contribution in [3.05, 3.63) is 0 Å².